The highest BCUT2D eigenvalue weighted by atomic mass is 16.2. The van der Waals surface area contributed by atoms with Crippen LogP contribution >= 0.6 is 0 Å². The van der Waals surface area contributed by atoms with Crippen LogP contribution in [0.1, 0.15) is 60.3 Å². The normalized spacial score (nSPS) is 27.8. The van der Waals surface area contributed by atoms with Gasteiger partial charge in [-0.25, -0.2) is 0 Å². The van der Waals surface area contributed by atoms with Gasteiger partial charge in [0, 0.05) is 6.54 Å². The predicted molar refractivity (Wildman–Crippen MR) is 83.7 cm³/mol. The summed E-state index contributed by atoms with van der Waals surface area (Å²) >= 11 is 0. The van der Waals surface area contributed by atoms with E-state index in [1.54, 1.807) is 0 Å². The Kier molecular flexibility index (Phi) is 4.64. The summed E-state index contributed by atoms with van der Waals surface area (Å²) < 4.78 is 0. The zero-order chi connectivity index (χ0) is 15.8. The number of nitrogens with zero attached hydrogens (tertiary/aromatic N) is 1. The van der Waals surface area contributed by atoms with Gasteiger partial charge in [-0.05, 0) is 23.7 Å². The molecule has 120 valence electrons. The van der Waals surface area contributed by atoms with Gasteiger partial charge in [-0.1, -0.05) is 53.9 Å². The minimum Gasteiger partial charge on any atom is -0.342 e. The Labute approximate surface area is 128 Å². The van der Waals surface area contributed by atoms with E-state index in [1.807, 2.05) is 39.5 Å². The molecule has 0 radical (unpaired) electrons. The molecule has 4 nitrogen and oxygen atoms in total. The van der Waals surface area contributed by atoms with Gasteiger partial charge in [0.2, 0.25) is 11.8 Å². The zero-order valence-corrected chi connectivity index (χ0v) is 14.1. The van der Waals surface area contributed by atoms with E-state index in [9.17, 15) is 9.59 Å². The van der Waals surface area contributed by atoms with E-state index in [0.29, 0.717) is 0 Å². The second-order valence-corrected chi connectivity index (χ2v) is 8.11. The van der Waals surface area contributed by atoms with Crippen LogP contribution in [0.25, 0.3) is 0 Å². The molecule has 21 heavy (non-hydrogen) atoms. The molecule has 1 aliphatic carbocycles. The van der Waals surface area contributed by atoms with Crippen molar-refractivity contribution < 1.29 is 9.59 Å². The van der Waals surface area contributed by atoms with Gasteiger partial charge in [0.1, 0.15) is 12.1 Å². The molecule has 1 N–H and O–H groups in total. The Bertz CT molecular complexity index is 408. The summed E-state index contributed by atoms with van der Waals surface area (Å²) in [6.45, 7) is 10.8. The molecule has 1 saturated heterocycles. The van der Waals surface area contributed by atoms with E-state index in [1.165, 1.54) is 19.3 Å². The molecular weight excluding hydrogens is 264 g/mol. The average Bonchev–Trinajstić information content (AvgIpc) is 2.28. The molecule has 2 aliphatic rings. The van der Waals surface area contributed by atoms with E-state index < -0.39 is 6.04 Å². The van der Waals surface area contributed by atoms with Gasteiger partial charge in [0.25, 0.3) is 0 Å². The Morgan fingerprint density at radius 3 is 2.29 bits per heavy atom. The highest BCUT2D eigenvalue weighted by Crippen LogP contribution is 2.32. The molecule has 0 aromatic rings. The summed E-state index contributed by atoms with van der Waals surface area (Å²) in [7, 11) is 0. The lowest BCUT2D eigenvalue weighted by molar-refractivity contribution is -0.154. The van der Waals surface area contributed by atoms with Crippen molar-refractivity contribution in [2.75, 3.05) is 6.54 Å². The lowest BCUT2D eigenvalue weighted by Gasteiger charge is -2.45. The Morgan fingerprint density at radius 1 is 1.24 bits per heavy atom. The largest absolute Gasteiger partial charge is 0.342 e. The number of nitrogens with one attached hydrogen (secondary N) is 1. The van der Waals surface area contributed by atoms with Gasteiger partial charge in [-0.2, -0.15) is 0 Å². The molecular formula is C17H30N2O2. The fourth-order valence-corrected chi connectivity index (χ4v) is 3.34. The molecule has 0 aromatic carbocycles. The first-order valence-electron chi connectivity index (χ1n) is 8.32. The van der Waals surface area contributed by atoms with Crippen LogP contribution in [0.15, 0.2) is 0 Å². The Morgan fingerprint density at radius 2 is 1.86 bits per heavy atom. The number of amides is 2. The van der Waals surface area contributed by atoms with Crippen LogP contribution < -0.4 is 5.32 Å². The minimum atomic E-state index is -0.401. The molecule has 4 heteroatoms. The first kappa shape index (κ1) is 16.3. The third-order valence-electron chi connectivity index (χ3n) is 4.92. The van der Waals surface area contributed by atoms with Crippen molar-refractivity contribution in [2.24, 2.45) is 17.3 Å². The summed E-state index contributed by atoms with van der Waals surface area (Å²) in [6.07, 6.45) is 4.92. The molecule has 2 fully saturated rings. The standard InChI is InChI=1S/C17H30N2O2/c1-11(2)13-15(20)18-14(17(3,4)5)16(21)19(13)10-9-12-7-6-8-12/h11-14H,6-10H2,1-5H3,(H,18,20). The molecule has 2 unspecified atom stereocenters. The van der Waals surface area contributed by atoms with Crippen molar-refractivity contribution in [3.05, 3.63) is 0 Å². The lowest BCUT2D eigenvalue weighted by Crippen LogP contribution is -2.67. The summed E-state index contributed by atoms with van der Waals surface area (Å²) in [5.41, 5.74) is -0.247. The maximum atomic E-state index is 12.9. The molecule has 2 amide bonds. The summed E-state index contributed by atoms with van der Waals surface area (Å²) in [5.74, 6) is 1.01. The fraction of sp³-hybridized carbons (Fsp3) is 0.882. The van der Waals surface area contributed by atoms with Crippen molar-refractivity contribution in [3.8, 4) is 0 Å². The molecule has 1 heterocycles. The molecule has 1 saturated carbocycles. The Balaban J connectivity index is 2.15. The molecule has 0 bridgehead atoms. The van der Waals surface area contributed by atoms with E-state index in [2.05, 4.69) is 5.32 Å². The highest BCUT2D eigenvalue weighted by Gasteiger charge is 2.46. The summed E-state index contributed by atoms with van der Waals surface area (Å²) in [5, 5.41) is 2.95. The molecule has 0 aromatic heterocycles. The van der Waals surface area contributed by atoms with Crippen LogP contribution in [-0.2, 0) is 9.59 Å². The monoisotopic (exact) mass is 294 g/mol. The van der Waals surface area contributed by atoms with Crippen LogP contribution in [0, 0.1) is 17.3 Å². The third kappa shape index (κ3) is 3.41. The number of carbonyl (C=O) groups excluding carboxylic acids is 2. The van der Waals surface area contributed by atoms with Gasteiger partial charge in [0.15, 0.2) is 0 Å². The summed E-state index contributed by atoms with van der Waals surface area (Å²) in [4.78, 5) is 27.2. The van der Waals surface area contributed by atoms with E-state index in [0.717, 1.165) is 18.9 Å². The quantitative estimate of drug-likeness (QED) is 0.866. The first-order valence-corrected chi connectivity index (χ1v) is 8.32. The minimum absolute atomic E-state index is 0.0122. The van der Waals surface area contributed by atoms with Gasteiger partial charge in [0.05, 0.1) is 0 Å². The van der Waals surface area contributed by atoms with Gasteiger partial charge >= 0.3 is 0 Å². The maximum absolute atomic E-state index is 12.9. The number of hydrogen-bond donors (Lipinski definition) is 1. The maximum Gasteiger partial charge on any atom is 0.246 e. The fourth-order valence-electron chi connectivity index (χ4n) is 3.34. The van der Waals surface area contributed by atoms with Crippen LogP contribution in [0.2, 0.25) is 0 Å². The van der Waals surface area contributed by atoms with Gasteiger partial charge in [-0.3, -0.25) is 9.59 Å². The van der Waals surface area contributed by atoms with E-state index in [-0.39, 0.29) is 29.2 Å². The SMILES string of the molecule is CC(C)C1C(=O)NC(C(C)(C)C)C(=O)N1CCC1CCC1. The van der Waals surface area contributed by atoms with Crippen LogP contribution in [0.5, 0.6) is 0 Å². The van der Waals surface area contributed by atoms with Crippen molar-refractivity contribution in [3.63, 3.8) is 0 Å². The van der Waals surface area contributed by atoms with E-state index in [4.69, 9.17) is 0 Å². The van der Waals surface area contributed by atoms with E-state index >= 15 is 0 Å². The Hall–Kier alpha value is -1.06. The number of piperazine rings is 1. The second kappa shape index (κ2) is 5.98. The average molecular weight is 294 g/mol. The second-order valence-electron chi connectivity index (χ2n) is 8.11. The van der Waals surface area contributed by atoms with Crippen molar-refractivity contribution in [1.82, 2.24) is 10.2 Å². The first-order chi connectivity index (χ1) is 9.71. The molecule has 2 rings (SSSR count). The van der Waals surface area contributed by atoms with Crippen LogP contribution in [0.4, 0.5) is 0 Å². The lowest BCUT2D eigenvalue weighted by atomic mass is 9.81. The number of rotatable bonds is 4. The molecule has 1 aliphatic heterocycles. The topological polar surface area (TPSA) is 49.4 Å². The van der Waals surface area contributed by atoms with Crippen molar-refractivity contribution >= 4 is 11.8 Å². The van der Waals surface area contributed by atoms with Crippen LogP contribution in [0.3, 0.4) is 0 Å². The van der Waals surface area contributed by atoms with Gasteiger partial charge in [-0.15, -0.1) is 0 Å². The van der Waals surface area contributed by atoms with Crippen molar-refractivity contribution in [1.29, 1.82) is 0 Å². The number of carbonyl (C=O) groups is 2. The zero-order valence-electron chi connectivity index (χ0n) is 14.1. The van der Waals surface area contributed by atoms with Crippen molar-refractivity contribution in [2.45, 2.75) is 72.4 Å². The smallest absolute Gasteiger partial charge is 0.246 e. The third-order valence-corrected chi connectivity index (χ3v) is 4.92. The van der Waals surface area contributed by atoms with Gasteiger partial charge < -0.3 is 10.2 Å². The predicted octanol–water partition coefficient (Wildman–Crippen LogP) is 2.57. The summed E-state index contributed by atoms with van der Waals surface area (Å²) in [6, 6.07) is -0.711. The molecule has 0 spiro atoms. The highest BCUT2D eigenvalue weighted by molar-refractivity contribution is 5.97. The number of hydrogen-bond acceptors (Lipinski definition) is 2. The molecule has 2 atom stereocenters. The van der Waals surface area contributed by atoms with Crippen LogP contribution in [-0.4, -0.2) is 35.3 Å².